The van der Waals surface area contributed by atoms with Crippen molar-refractivity contribution in [1.29, 1.82) is 0 Å². The zero-order chi connectivity index (χ0) is 19.4. The molecule has 8 nitrogen and oxygen atoms in total. The van der Waals surface area contributed by atoms with Gasteiger partial charge in [-0.1, -0.05) is 0 Å². The first-order valence-electron chi connectivity index (χ1n) is 7.58. The van der Waals surface area contributed by atoms with Crippen molar-refractivity contribution in [2.24, 2.45) is 5.73 Å². The molecule has 3 unspecified atom stereocenters. The average molecular weight is 631 g/mol. The minimum absolute atomic E-state index is 0.0404. The summed E-state index contributed by atoms with van der Waals surface area (Å²) >= 11 is 2.20. The van der Waals surface area contributed by atoms with E-state index < -0.39 is 43.6 Å². The Morgan fingerprint density at radius 1 is 1.54 bits per heavy atom. The zero-order valence-electron chi connectivity index (χ0n) is 14.0. The fraction of sp³-hybridized carbons (Fsp3) is 0.333. The fourth-order valence-corrected chi connectivity index (χ4v) is 16.3. The SMILES string of the molecule is C=C(C)C(C(=O)OCc1ccc([N+](=O)[O-])cc1)N1C(=O)C(N)C1[S][Hg][Br]. The number of halogens is 1. The number of non-ortho nitro benzene ring substituents is 1. The van der Waals surface area contributed by atoms with Crippen LogP contribution in [0, 0.1) is 10.1 Å². The van der Waals surface area contributed by atoms with E-state index in [4.69, 9.17) is 10.5 Å². The molecule has 1 aromatic rings. The van der Waals surface area contributed by atoms with Crippen LogP contribution in [0.5, 0.6) is 0 Å². The molecule has 1 aliphatic rings. The van der Waals surface area contributed by atoms with E-state index in [2.05, 4.69) is 18.5 Å². The molecule has 1 fully saturated rings. The van der Waals surface area contributed by atoms with Crippen LogP contribution in [0.2, 0.25) is 0 Å². The molecule has 0 aliphatic carbocycles. The maximum absolute atomic E-state index is 12.5. The van der Waals surface area contributed by atoms with Crippen molar-refractivity contribution >= 4 is 37.7 Å². The standard InChI is InChI=1S/C15H17N3O5S.BrH.Hg/c1-8(2)12(17-13(19)11(16)14(17)24)15(20)23-7-9-3-5-10(6-4-9)18(21)22;;/h3-6,11-12,14,24H,1,7,16H2,2H3;1H;/q;;+2/p-2. The van der Waals surface area contributed by atoms with E-state index >= 15 is 0 Å². The first-order valence-corrected chi connectivity index (χ1v) is 27.3. The van der Waals surface area contributed by atoms with Crippen molar-refractivity contribution in [3.8, 4) is 0 Å². The van der Waals surface area contributed by atoms with E-state index in [1.165, 1.54) is 29.2 Å². The topological polar surface area (TPSA) is 116 Å². The van der Waals surface area contributed by atoms with Crippen molar-refractivity contribution in [3.05, 3.63) is 52.1 Å². The minimum atomic E-state index is -1.31. The Kier molecular flexibility index (Phi) is 7.62. The monoisotopic (exact) mass is 631 g/mol. The molecular formula is C15H16BrHgN3O5S. The van der Waals surface area contributed by atoms with Crippen LogP contribution >= 0.6 is 20.1 Å². The number of nitrogens with zero attached hydrogens (tertiary/aromatic N) is 2. The number of carbonyl (C=O) groups is 2. The second-order valence-corrected chi connectivity index (χ2v) is 25.2. The number of esters is 1. The van der Waals surface area contributed by atoms with Gasteiger partial charge >= 0.3 is 161 Å². The summed E-state index contributed by atoms with van der Waals surface area (Å²) in [6, 6.07) is 4.22. The number of nitro benzene ring substituents is 1. The Morgan fingerprint density at radius 3 is 2.65 bits per heavy atom. The van der Waals surface area contributed by atoms with Crippen molar-refractivity contribution < 1.29 is 39.9 Å². The van der Waals surface area contributed by atoms with Gasteiger partial charge in [0, 0.05) is 0 Å². The summed E-state index contributed by atoms with van der Waals surface area (Å²) < 4.78 is 5.31. The van der Waals surface area contributed by atoms with Gasteiger partial charge in [-0.15, -0.1) is 0 Å². The Balaban J connectivity index is 2.05. The van der Waals surface area contributed by atoms with E-state index in [1.807, 2.05) is 0 Å². The van der Waals surface area contributed by atoms with E-state index in [1.54, 1.807) is 15.2 Å². The molecule has 0 bridgehead atoms. The number of hydrogen-bond acceptors (Lipinski definition) is 7. The summed E-state index contributed by atoms with van der Waals surface area (Å²) in [6.07, 6.45) is 0. The van der Waals surface area contributed by atoms with Crippen molar-refractivity contribution in [2.75, 3.05) is 0 Å². The molecule has 2 N–H and O–H groups in total. The third-order valence-corrected chi connectivity index (χ3v) is 17.2. The van der Waals surface area contributed by atoms with Crippen LogP contribution in [-0.4, -0.2) is 39.2 Å². The van der Waals surface area contributed by atoms with Crippen LogP contribution in [-0.2, 0) is 41.6 Å². The molecule has 1 saturated heterocycles. The molecule has 1 amide bonds. The molecule has 3 atom stereocenters. The predicted octanol–water partition coefficient (Wildman–Crippen LogP) is 2.12. The third-order valence-electron chi connectivity index (χ3n) is 3.85. The molecule has 1 aromatic carbocycles. The van der Waals surface area contributed by atoms with Crippen molar-refractivity contribution in [2.45, 2.75) is 31.0 Å². The number of nitro groups is 1. The number of likely N-dealkylation sites (tertiary alicyclic amines) is 1. The molecular weight excluding hydrogens is 615 g/mol. The van der Waals surface area contributed by atoms with Crippen LogP contribution in [0.3, 0.4) is 0 Å². The Morgan fingerprint density at radius 2 is 2.15 bits per heavy atom. The number of carbonyl (C=O) groups excluding carboxylic acids is 2. The molecule has 26 heavy (non-hydrogen) atoms. The van der Waals surface area contributed by atoms with Gasteiger partial charge in [0.2, 0.25) is 0 Å². The van der Waals surface area contributed by atoms with Gasteiger partial charge in [0.05, 0.1) is 0 Å². The quantitative estimate of drug-likeness (QED) is 0.117. The van der Waals surface area contributed by atoms with E-state index in [-0.39, 0.29) is 23.6 Å². The molecule has 0 aromatic heterocycles. The van der Waals surface area contributed by atoms with Gasteiger partial charge in [-0.2, -0.15) is 0 Å². The number of amides is 1. The van der Waals surface area contributed by atoms with Crippen LogP contribution in [0.15, 0.2) is 36.4 Å². The Bertz CT molecular complexity index is 732. The normalized spacial score (nSPS) is 20.0. The van der Waals surface area contributed by atoms with Gasteiger partial charge < -0.3 is 0 Å². The molecule has 0 radical (unpaired) electrons. The number of hydrogen-bond donors (Lipinski definition) is 1. The summed E-state index contributed by atoms with van der Waals surface area (Å²) in [7, 11) is 1.63. The number of benzene rings is 1. The summed E-state index contributed by atoms with van der Waals surface area (Å²) in [5.74, 6) is -0.884. The molecule has 0 saturated carbocycles. The maximum atomic E-state index is 12.5. The van der Waals surface area contributed by atoms with Gasteiger partial charge in [-0.05, 0) is 0 Å². The number of β-lactam (4-membered cyclic amide) rings is 1. The van der Waals surface area contributed by atoms with Crippen molar-refractivity contribution in [3.63, 3.8) is 0 Å². The van der Waals surface area contributed by atoms with Crippen LogP contribution in [0.25, 0.3) is 0 Å². The number of ether oxygens (including phenoxy) is 1. The Labute approximate surface area is 170 Å². The van der Waals surface area contributed by atoms with Gasteiger partial charge in [0.1, 0.15) is 0 Å². The van der Waals surface area contributed by atoms with E-state index in [9.17, 15) is 19.7 Å². The fourth-order valence-electron chi connectivity index (χ4n) is 2.53. The van der Waals surface area contributed by atoms with Crippen LogP contribution in [0.1, 0.15) is 12.5 Å². The summed E-state index contributed by atoms with van der Waals surface area (Å²) in [5, 5.41) is 10.4. The summed E-state index contributed by atoms with van der Waals surface area (Å²) in [6.45, 7) is 5.42. The molecule has 0 spiro atoms. The zero-order valence-corrected chi connectivity index (χ0v) is 21.9. The number of nitrogens with two attached hydrogens (primary N) is 1. The number of rotatable bonds is 8. The first-order chi connectivity index (χ1) is 12.3. The van der Waals surface area contributed by atoms with E-state index in [0.717, 1.165) is 0 Å². The van der Waals surface area contributed by atoms with E-state index in [0.29, 0.717) is 11.1 Å². The summed E-state index contributed by atoms with van der Waals surface area (Å²) in [4.78, 5) is 36.3. The van der Waals surface area contributed by atoms with Gasteiger partial charge in [-0.3, -0.25) is 10.1 Å². The second kappa shape index (κ2) is 9.29. The molecule has 1 heterocycles. The molecule has 1 aliphatic heterocycles. The third kappa shape index (κ3) is 4.65. The van der Waals surface area contributed by atoms with Crippen LogP contribution < -0.4 is 5.73 Å². The molecule has 2 rings (SSSR count). The van der Waals surface area contributed by atoms with Gasteiger partial charge in [-0.25, -0.2) is 0 Å². The second-order valence-electron chi connectivity index (χ2n) is 5.72. The summed E-state index contributed by atoms with van der Waals surface area (Å²) in [5.41, 5.74) is 6.92. The van der Waals surface area contributed by atoms with Gasteiger partial charge in [0.15, 0.2) is 0 Å². The Hall–Kier alpha value is -0.975. The predicted molar refractivity (Wildman–Crippen MR) is 96.6 cm³/mol. The molecule has 136 valence electrons. The van der Waals surface area contributed by atoms with Crippen LogP contribution in [0.4, 0.5) is 5.69 Å². The van der Waals surface area contributed by atoms with Gasteiger partial charge in [0.25, 0.3) is 0 Å². The first kappa shape index (κ1) is 21.3. The molecule has 11 heteroatoms. The average Bonchev–Trinajstić information content (AvgIpc) is 2.62. The van der Waals surface area contributed by atoms with Crippen molar-refractivity contribution in [1.82, 2.24) is 4.90 Å².